The van der Waals surface area contributed by atoms with Crippen LogP contribution in [-0.4, -0.2) is 30.9 Å². The van der Waals surface area contributed by atoms with Crippen molar-refractivity contribution in [1.29, 1.82) is 0 Å². The summed E-state index contributed by atoms with van der Waals surface area (Å²) in [6.07, 6.45) is 2.18. The molecule has 18 heavy (non-hydrogen) atoms. The third kappa shape index (κ3) is 3.91. The van der Waals surface area contributed by atoms with Crippen LogP contribution in [0.15, 0.2) is 18.2 Å². The average Bonchev–Trinajstić information content (AvgIpc) is 2.31. The van der Waals surface area contributed by atoms with E-state index in [9.17, 15) is 4.79 Å². The van der Waals surface area contributed by atoms with Gasteiger partial charge in [0.15, 0.2) is 0 Å². The molecule has 100 valence electrons. The molecule has 1 aromatic carbocycles. The van der Waals surface area contributed by atoms with E-state index in [-0.39, 0.29) is 5.91 Å². The van der Waals surface area contributed by atoms with Crippen LogP contribution < -0.4 is 5.32 Å². The molecule has 0 spiro atoms. The van der Waals surface area contributed by atoms with E-state index in [1.807, 2.05) is 6.07 Å². The van der Waals surface area contributed by atoms with Crippen molar-refractivity contribution < 1.29 is 4.79 Å². The number of hydrogen-bond acceptors (Lipinski definition) is 2. The Kier molecular flexibility index (Phi) is 5.48. The van der Waals surface area contributed by atoms with E-state index < -0.39 is 0 Å². The van der Waals surface area contributed by atoms with E-state index in [1.54, 1.807) is 31.1 Å². The van der Waals surface area contributed by atoms with Crippen LogP contribution in [0.25, 0.3) is 0 Å². The molecule has 4 heteroatoms. The van der Waals surface area contributed by atoms with E-state index >= 15 is 0 Å². The van der Waals surface area contributed by atoms with Gasteiger partial charge in [-0.25, -0.2) is 0 Å². The number of hydrogen-bond donors (Lipinski definition) is 1. The van der Waals surface area contributed by atoms with Crippen LogP contribution in [0.5, 0.6) is 0 Å². The van der Waals surface area contributed by atoms with Gasteiger partial charge in [0.25, 0.3) is 5.91 Å². The fourth-order valence-corrected chi connectivity index (χ4v) is 1.97. The SMILES string of the molecule is CCCC(C)Nc1cc(C(=O)N(C)C)ccc1Cl. The Balaban J connectivity index is 2.91. The quantitative estimate of drug-likeness (QED) is 0.884. The number of rotatable bonds is 5. The second-order valence-corrected chi connectivity index (χ2v) is 5.14. The largest absolute Gasteiger partial charge is 0.381 e. The third-order valence-corrected chi connectivity index (χ3v) is 3.07. The van der Waals surface area contributed by atoms with Crippen LogP contribution in [0.1, 0.15) is 37.0 Å². The summed E-state index contributed by atoms with van der Waals surface area (Å²) in [7, 11) is 3.48. The van der Waals surface area contributed by atoms with Crippen LogP contribution in [0, 0.1) is 0 Å². The van der Waals surface area contributed by atoms with Gasteiger partial charge in [-0.1, -0.05) is 24.9 Å². The van der Waals surface area contributed by atoms with Crippen molar-refractivity contribution in [2.24, 2.45) is 0 Å². The van der Waals surface area contributed by atoms with Crippen molar-refractivity contribution in [2.75, 3.05) is 19.4 Å². The lowest BCUT2D eigenvalue weighted by Gasteiger charge is -2.17. The standard InChI is InChI=1S/C14H21ClN2O/c1-5-6-10(2)16-13-9-11(7-8-12(13)15)14(18)17(3)4/h7-10,16H,5-6H2,1-4H3. The smallest absolute Gasteiger partial charge is 0.253 e. The molecular formula is C14H21ClN2O. The summed E-state index contributed by atoms with van der Waals surface area (Å²) in [5.41, 5.74) is 1.47. The molecule has 0 aliphatic rings. The average molecular weight is 269 g/mol. The Morgan fingerprint density at radius 3 is 2.67 bits per heavy atom. The second kappa shape index (κ2) is 6.64. The van der Waals surface area contributed by atoms with Gasteiger partial charge in [-0.3, -0.25) is 4.79 Å². The lowest BCUT2D eigenvalue weighted by atomic mass is 10.1. The summed E-state index contributed by atoms with van der Waals surface area (Å²) in [5, 5.41) is 3.99. The minimum absolute atomic E-state index is 0.0159. The molecule has 0 aliphatic heterocycles. The first kappa shape index (κ1) is 14.8. The monoisotopic (exact) mass is 268 g/mol. The molecule has 0 fully saturated rings. The van der Waals surface area contributed by atoms with Gasteiger partial charge in [-0.15, -0.1) is 0 Å². The van der Waals surface area contributed by atoms with Crippen molar-refractivity contribution in [3.63, 3.8) is 0 Å². The van der Waals surface area contributed by atoms with Gasteiger partial charge in [0.05, 0.1) is 10.7 Å². The van der Waals surface area contributed by atoms with E-state index in [2.05, 4.69) is 19.2 Å². The lowest BCUT2D eigenvalue weighted by molar-refractivity contribution is 0.0827. The number of amides is 1. The lowest BCUT2D eigenvalue weighted by Crippen LogP contribution is -2.22. The highest BCUT2D eigenvalue weighted by molar-refractivity contribution is 6.33. The van der Waals surface area contributed by atoms with Crippen LogP contribution >= 0.6 is 11.6 Å². The molecule has 1 unspecified atom stereocenters. The maximum absolute atomic E-state index is 11.9. The zero-order valence-electron chi connectivity index (χ0n) is 11.5. The summed E-state index contributed by atoms with van der Waals surface area (Å²) in [6, 6.07) is 5.67. The molecule has 1 N–H and O–H groups in total. The predicted octanol–water partition coefficient (Wildman–Crippen LogP) is 3.64. The second-order valence-electron chi connectivity index (χ2n) is 4.73. The Morgan fingerprint density at radius 1 is 1.44 bits per heavy atom. The van der Waals surface area contributed by atoms with E-state index in [1.165, 1.54) is 0 Å². The zero-order chi connectivity index (χ0) is 13.7. The van der Waals surface area contributed by atoms with Crippen molar-refractivity contribution in [1.82, 2.24) is 4.90 Å². The Labute approximate surface area is 114 Å². The first-order valence-corrected chi connectivity index (χ1v) is 6.61. The predicted molar refractivity (Wildman–Crippen MR) is 77.5 cm³/mol. The van der Waals surface area contributed by atoms with Crippen LogP contribution in [-0.2, 0) is 0 Å². The van der Waals surface area contributed by atoms with Crippen LogP contribution in [0.3, 0.4) is 0 Å². The van der Waals surface area contributed by atoms with Crippen molar-refractivity contribution in [3.05, 3.63) is 28.8 Å². The number of carbonyl (C=O) groups excluding carboxylic acids is 1. The van der Waals surface area contributed by atoms with Gasteiger partial charge in [-0.2, -0.15) is 0 Å². The van der Waals surface area contributed by atoms with E-state index in [4.69, 9.17) is 11.6 Å². The summed E-state index contributed by atoms with van der Waals surface area (Å²) < 4.78 is 0. The topological polar surface area (TPSA) is 32.3 Å². The van der Waals surface area contributed by atoms with Crippen molar-refractivity contribution >= 4 is 23.2 Å². The van der Waals surface area contributed by atoms with Gasteiger partial charge >= 0.3 is 0 Å². The molecular weight excluding hydrogens is 248 g/mol. The highest BCUT2D eigenvalue weighted by Gasteiger charge is 2.11. The van der Waals surface area contributed by atoms with Crippen molar-refractivity contribution in [2.45, 2.75) is 32.7 Å². The third-order valence-electron chi connectivity index (χ3n) is 2.74. The molecule has 0 radical (unpaired) electrons. The Morgan fingerprint density at radius 2 is 2.11 bits per heavy atom. The number of anilines is 1. The maximum Gasteiger partial charge on any atom is 0.253 e. The number of halogens is 1. The summed E-state index contributed by atoms with van der Waals surface area (Å²) >= 11 is 6.14. The first-order valence-electron chi connectivity index (χ1n) is 6.23. The fourth-order valence-electron chi connectivity index (χ4n) is 1.80. The molecule has 1 aromatic rings. The van der Waals surface area contributed by atoms with Gasteiger partial charge in [0.2, 0.25) is 0 Å². The molecule has 0 saturated heterocycles. The Bertz CT molecular complexity index is 418. The highest BCUT2D eigenvalue weighted by Crippen LogP contribution is 2.24. The number of nitrogens with zero attached hydrogens (tertiary/aromatic N) is 1. The fraction of sp³-hybridized carbons (Fsp3) is 0.500. The van der Waals surface area contributed by atoms with Crippen LogP contribution in [0.4, 0.5) is 5.69 Å². The summed E-state index contributed by atoms with van der Waals surface area (Å²) in [5.74, 6) is -0.0159. The number of nitrogens with one attached hydrogen (secondary N) is 1. The molecule has 0 saturated carbocycles. The molecule has 1 rings (SSSR count). The number of benzene rings is 1. The minimum atomic E-state index is -0.0159. The van der Waals surface area contributed by atoms with Crippen LogP contribution in [0.2, 0.25) is 5.02 Å². The number of carbonyl (C=O) groups is 1. The van der Waals surface area contributed by atoms with E-state index in [0.717, 1.165) is 18.5 Å². The van der Waals surface area contributed by atoms with Crippen molar-refractivity contribution in [3.8, 4) is 0 Å². The molecule has 0 bridgehead atoms. The minimum Gasteiger partial charge on any atom is -0.381 e. The zero-order valence-corrected chi connectivity index (χ0v) is 12.2. The van der Waals surface area contributed by atoms with Gasteiger partial charge in [0, 0.05) is 25.7 Å². The molecule has 1 atom stereocenters. The molecule has 3 nitrogen and oxygen atoms in total. The van der Waals surface area contributed by atoms with Gasteiger partial charge in [0.1, 0.15) is 0 Å². The Hall–Kier alpha value is -1.22. The van der Waals surface area contributed by atoms with Gasteiger partial charge in [-0.05, 0) is 31.5 Å². The molecule has 0 heterocycles. The first-order chi connectivity index (χ1) is 8.45. The summed E-state index contributed by atoms with van der Waals surface area (Å²) in [4.78, 5) is 13.4. The molecule has 1 amide bonds. The summed E-state index contributed by atoms with van der Waals surface area (Å²) in [6.45, 7) is 4.26. The maximum atomic E-state index is 11.9. The molecule has 0 aromatic heterocycles. The van der Waals surface area contributed by atoms with E-state index in [0.29, 0.717) is 16.6 Å². The highest BCUT2D eigenvalue weighted by atomic mass is 35.5. The molecule has 0 aliphatic carbocycles. The van der Waals surface area contributed by atoms with Gasteiger partial charge < -0.3 is 10.2 Å². The normalized spacial score (nSPS) is 12.1.